The third-order valence-corrected chi connectivity index (χ3v) is 4.41. The van der Waals surface area contributed by atoms with Gasteiger partial charge in [-0.05, 0) is 31.5 Å². The maximum Gasteiger partial charge on any atom is 0.257 e. The van der Waals surface area contributed by atoms with Crippen LogP contribution in [0.1, 0.15) is 40.5 Å². The molecule has 0 saturated carbocycles. The molecule has 0 spiro atoms. The van der Waals surface area contributed by atoms with Crippen molar-refractivity contribution in [3.8, 4) is 6.07 Å². The van der Waals surface area contributed by atoms with E-state index >= 15 is 0 Å². The molecule has 0 radical (unpaired) electrons. The number of halogens is 1. The normalized spacial score (nSPS) is 20.7. The number of carbonyl (C=O) groups is 1. The number of nitrogens with zero attached hydrogens (tertiary/aromatic N) is 2. The summed E-state index contributed by atoms with van der Waals surface area (Å²) in [5.41, 5.74) is 1.36. The van der Waals surface area contributed by atoms with E-state index in [9.17, 15) is 4.79 Å². The first-order chi connectivity index (χ1) is 11.5. The van der Waals surface area contributed by atoms with E-state index in [2.05, 4.69) is 0 Å². The zero-order chi connectivity index (χ0) is 17.3. The number of furan rings is 1. The quantitative estimate of drug-likeness (QED) is 0.832. The van der Waals surface area contributed by atoms with Crippen molar-refractivity contribution in [3.63, 3.8) is 0 Å². The van der Waals surface area contributed by atoms with Crippen molar-refractivity contribution < 1.29 is 13.9 Å². The van der Waals surface area contributed by atoms with Crippen LogP contribution in [0.25, 0.3) is 0 Å². The Morgan fingerprint density at radius 3 is 2.88 bits per heavy atom. The molecule has 5 nitrogen and oxygen atoms in total. The molecule has 1 aliphatic rings. The van der Waals surface area contributed by atoms with E-state index in [1.54, 1.807) is 17.9 Å². The van der Waals surface area contributed by atoms with Gasteiger partial charge in [-0.15, -0.1) is 0 Å². The van der Waals surface area contributed by atoms with Gasteiger partial charge in [-0.25, -0.2) is 0 Å². The van der Waals surface area contributed by atoms with Gasteiger partial charge in [0.25, 0.3) is 5.91 Å². The largest absolute Gasteiger partial charge is 0.450 e. The molecule has 2 atom stereocenters. The van der Waals surface area contributed by atoms with Gasteiger partial charge in [0.15, 0.2) is 0 Å². The van der Waals surface area contributed by atoms with Crippen molar-refractivity contribution in [1.82, 2.24) is 4.90 Å². The fourth-order valence-electron chi connectivity index (χ4n) is 2.85. The molecule has 1 fully saturated rings. The van der Waals surface area contributed by atoms with E-state index < -0.39 is 0 Å². The molecule has 2 aromatic rings. The molecule has 0 N–H and O–H groups in total. The van der Waals surface area contributed by atoms with Gasteiger partial charge < -0.3 is 14.1 Å². The van der Waals surface area contributed by atoms with E-state index in [-0.39, 0.29) is 23.8 Å². The Kier molecular flexibility index (Phi) is 4.61. The summed E-state index contributed by atoms with van der Waals surface area (Å²) in [7, 11) is 0. The lowest BCUT2D eigenvalue weighted by molar-refractivity contribution is -0.0487. The number of amides is 1. The smallest absolute Gasteiger partial charge is 0.257 e. The summed E-state index contributed by atoms with van der Waals surface area (Å²) < 4.78 is 11.2. The standard InChI is InChI=1S/C18H17ClN2O3/c1-11-10-23-17(13-4-3-5-14(19)6-13)9-21(11)18(22)16-7-15(8-20)24-12(16)2/h3-7,11,17H,9-10H2,1-2H3/t11-,17-/m0/s1. The summed E-state index contributed by atoms with van der Waals surface area (Å²) in [5, 5.41) is 9.57. The molecule has 0 unspecified atom stereocenters. The van der Waals surface area contributed by atoms with Crippen molar-refractivity contribution >= 4 is 17.5 Å². The fourth-order valence-corrected chi connectivity index (χ4v) is 3.05. The summed E-state index contributed by atoms with van der Waals surface area (Å²) in [4.78, 5) is 14.6. The molecule has 1 aromatic heterocycles. The Labute approximate surface area is 145 Å². The zero-order valence-electron chi connectivity index (χ0n) is 13.5. The molecule has 124 valence electrons. The van der Waals surface area contributed by atoms with Crippen LogP contribution in [-0.2, 0) is 4.74 Å². The Hall–Kier alpha value is -2.29. The maximum absolute atomic E-state index is 12.9. The molecule has 1 amide bonds. The predicted molar refractivity (Wildman–Crippen MR) is 88.8 cm³/mol. The van der Waals surface area contributed by atoms with Crippen LogP contribution in [0, 0.1) is 18.3 Å². The van der Waals surface area contributed by atoms with Gasteiger partial charge in [-0.1, -0.05) is 23.7 Å². The van der Waals surface area contributed by atoms with Crippen LogP contribution >= 0.6 is 11.6 Å². The minimum atomic E-state index is -0.230. The van der Waals surface area contributed by atoms with E-state index in [0.717, 1.165) is 5.56 Å². The van der Waals surface area contributed by atoms with Crippen LogP contribution in [0.4, 0.5) is 0 Å². The number of benzene rings is 1. The highest BCUT2D eigenvalue weighted by molar-refractivity contribution is 6.30. The number of ether oxygens (including phenoxy) is 1. The first-order valence-electron chi connectivity index (χ1n) is 7.68. The number of morpholine rings is 1. The van der Waals surface area contributed by atoms with Crippen molar-refractivity contribution in [2.45, 2.75) is 26.0 Å². The average Bonchev–Trinajstić information content (AvgIpc) is 2.95. The van der Waals surface area contributed by atoms with Crippen LogP contribution in [0.15, 0.2) is 34.7 Å². The summed E-state index contributed by atoms with van der Waals surface area (Å²) in [6, 6.07) is 10.8. The number of carbonyl (C=O) groups excluding carboxylic acids is 1. The number of hydrogen-bond donors (Lipinski definition) is 0. The van der Waals surface area contributed by atoms with Gasteiger partial charge in [-0.3, -0.25) is 4.79 Å². The topological polar surface area (TPSA) is 66.5 Å². The van der Waals surface area contributed by atoms with Crippen molar-refractivity contribution in [3.05, 3.63) is 58.0 Å². The van der Waals surface area contributed by atoms with Crippen molar-refractivity contribution in [1.29, 1.82) is 5.26 Å². The van der Waals surface area contributed by atoms with Gasteiger partial charge >= 0.3 is 0 Å². The lowest BCUT2D eigenvalue weighted by Gasteiger charge is -2.38. The van der Waals surface area contributed by atoms with Crippen LogP contribution < -0.4 is 0 Å². The molecule has 6 heteroatoms. The Morgan fingerprint density at radius 2 is 2.21 bits per heavy atom. The summed E-state index contributed by atoms with van der Waals surface area (Å²) in [6.07, 6.45) is -0.230. The Bertz CT molecular complexity index is 809. The highest BCUT2D eigenvalue weighted by Crippen LogP contribution is 2.28. The van der Waals surface area contributed by atoms with Crippen molar-refractivity contribution in [2.75, 3.05) is 13.2 Å². The highest BCUT2D eigenvalue weighted by Gasteiger charge is 2.32. The van der Waals surface area contributed by atoms with Gasteiger partial charge in [-0.2, -0.15) is 5.26 Å². The lowest BCUT2D eigenvalue weighted by Crippen LogP contribution is -2.48. The van der Waals surface area contributed by atoms with E-state index in [1.165, 1.54) is 6.07 Å². The Balaban J connectivity index is 1.84. The molecule has 0 aliphatic carbocycles. The van der Waals surface area contributed by atoms with Crippen molar-refractivity contribution in [2.24, 2.45) is 0 Å². The molecular formula is C18H17ClN2O3. The minimum Gasteiger partial charge on any atom is -0.450 e. The van der Waals surface area contributed by atoms with Crippen LogP contribution in [0.5, 0.6) is 0 Å². The third kappa shape index (κ3) is 3.16. The summed E-state index contributed by atoms with van der Waals surface area (Å²) in [5.74, 6) is 0.443. The average molecular weight is 345 g/mol. The first-order valence-corrected chi connectivity index (χ1v) is 8.06. The number of rotatable bonds is 2. The van der Waals surface area contributed by atoms with Gasteiger partial charge in [0.2, 0.25) is 5.76 Å². The molecule has 3 rings (SSSR count). The van der Waals surface area contributed by atoms with Gasteiger partial charge in [0.05, 0.1) is 24.8 Å². The van der Waals surface area contributed by atoms with E-state index in [0.29, 0.717) is 29.5 Å². The SMILES string of the molecule is Cc1oc(C#N)cc1C(=O)N1C[C@@H](c2cccc(Cl)c2)OC[C@@H]1C. The molecule has 0 bridgehead atoms. The molecule has 1 saturated heterocycles. The number of hydrogen-bond acceptors (Lipinski definition) is 4. The second-order valence-electron chi connectivity index (χ2n) is 5.88. The number of aryl methyl sites for hydroxylation is 1. The number of nitriles is 1. The Morgan fingerprint density at radius 1 is 1.42 bits per heavy atom. The zero-order valence-corrected chi connectivity index (χ0v) is 14.2. The third-order valence-electron chi connectivity index (χ3n) is 4.17. The molecule has 1 aliphatic heterocycles. The second kappa shape index (κ2) is 6.68. The molecule has 24 heavy (non-hydrogen) atoms. The maximum atomic E-state index is 12.9. The highest BCUT2D eigenvalue weighted by atomic mass is 35.5. The van der Waals surface area contributed by atoms with Crippen LogP contribution in [0.3, 0.4) is 0 Å². The van der Waals surface area contributed by atoms with E-state index in [1.807, 2.05) is 31.2 Å². The van der Waals surface area contributed by atoms with Crippen LogP contribution in [0.2, 0.25) is 5.02 Å². The summed E-state index contributed by atoms with van der Waals surface area (Å²) >= 11 is 6.05. The molecule has 2 heterocycles. The minimum absolute atomic E-state index is 0.0623. The monoisotopic (exact) mass is 344 g/mol. The lowest BCUT2D eigenvalue weighted by atomic mass is 10.0. The summed E-state index contributed by atoms with van der Waals surface area (Å²) in [6.45, 7) is 4.48. The predicted octanol–water partition coefficient (Wildman–Crippen LogP) is 3.72. The van der Waals surface area contributed by atoms with E-state index in [4.69, 9.17) is 26.0 Å². The van der Waals surface area contributed by atoms with Crippen LogP contribution in [-0.4, -0.2) is 30.0 Å². The molecule has 1 aromatic carbocycles. The first kappa shape index (κ1) is 16.6. The van der Waals surface area contributed by atoms with Gasteiger partial charge in [0.1, 0.15) is 17.9 Å². The van der Waals surface area contributed by atoms with Gasteiger partial charge in [0, 0.05) is 11.1 Å². The fraction of sp³-hybridized carbons (Fsp3) is 0.333. The molecular weight excluding hydrogens is 328 g/mol. The second-order valence-corrected chi connectivity index (χ2v) is 6.31.